The molecule has 4 heteroatoms. The highest BCUT2D eigenvalue weighted by Crippen LogP contribution is 2.28. The zero-order valence-corrected chi connectivity index (χ0v) is 9.62. The molecule has 0 bridgehead atoms. The molecule has 2 heterocycles. The summed E-state index contributed by atoms with van der Waals surface area (Å²) in [7, 11) is 0. The van der Waals surface area contributed by atoms with Crippen LogP contribution >= 0.6 is 0 Å². The van der Waals surface area contributed by atoms with Gasteiger partial charge in [0.2, 0.25) is 0 Å². The lowest BCUT2D eigenvalue weighted by Gasteiger charge is -2.32. The van der Waals surface area contributed by atoms with Crippen LogP contribution in [0.5, 0.6) is 0 Å². The SMILES string of the molecule is CC(C)NC(=O)N1CC[C@H]2CCNC[C@H]21. The summed E-state index contributed by atoms with van der Waals surface area (Å²) in [4.78, 5) is 13.9. The van der Waals surface area contributed by atoms with Crippen LogP contribution < -0.4 is 10.6 Å². The van der Waals surface area contributed by atoms with Gasteiger partial charge in [-0.3, -0.25) is 0 Å². The van der Waals surface area contributed by atoms with Gasteiger partial charge >= 0.3 is 6.03 Å². The zero-order chi connectivity index (χ0) is 10.8. The molecule has 86 valence electrons. The molecule has 0 radical (unpaired) electrons. The first-order valence-corrected chi connectivity index (χ1v) is 5.96. The highest BCUT2D eigenvalue weighted by Gasteiger charge is 2.38. The van der Waals surface area contributed by atoms with Crippen molar-refractivity contribution in [3.63, 3.8) is 0 Å². The summed E-state index contributed by atoms with van der Waals surface area (Å²) in [5, 5.41) is 6.35. The second kappa shape index (κ2) is 4.39. The van der Waals surface area contributed by atoms with Crippen LogP contribution in [0.1, 0.15) is 26.7 Å². The highest BCUT2D eigenvalue weighted by atomic mass is 16.2. The number of carbonyl (C=O) groups excluding carboxylic acids is 1. The van der Waals surface area contributed by atoms with E-state index in [0.717, 1.165) is 25.6 Å². The molecule has 0 unspecified atom stereocenters. The number of hydrogen-bond acceptors (Lipinski definition) is 2. The van der Waals surface area contributed by atoms with E-state index in [1.165, 1.54) is 12.8 Å². The van der Waals surface area contributed by atoms with Crippen molar-refractivity contribution in [1.29, 1.82) is 0 Å². The van der Waals surface area contributed by atoms with Gasteiger partial charge in [0.05, 0.1) is 0 Å². The van der Waals surface area contributed by atoms with Gasteiger partial charge in [0.1, 0.15) is 0 Å². The van der Waals surface area contributed by atoms with Crippen LogP contribution in [-0.4, -0.2) is 42.6 Å². The molecule has 2 rings (SSSR count). The number of piperidine rings is 1. The number of nitrogens with one attached hydrogen (secondary N) is 2. The van der Waals surface area contributed by atoms with Crippen LogP contribution in [0.3, 0.4) is 0 Å². The monoisotopic (exact) mass is 211 g/mol. The average molecular weight is 211 g/mol. The molecule has 4 nitrogen and oxygen atoms in total. The van der Waals surface area contributed by atoms with E-state index in [9.17, 15) is 4.79 Å². The maximum absolute atomic E-state index is 11.9. The lowest BCUT2D eigenvalue weighted by Crippen LogP contribution is -2.52. The summed E-state index contributed by atoms with van der Waals surface area (Å²) in [5.74, 6) is 0.726. The van der Waals surface area contributed by atoms with Crippen molar-refractivity contribution in [1.82, 2.24) is 15.5 Å². The smallest absolute Gasteiger partial charge is 0.317 e. The van der Waals surface area contributed by atoms with E-state index in [2.05, 4.69) is 10.6 Å². The second-order valence-corrected chi connectivity index (χ2v) is 4.91. The number of hydrogen-bond donors (Lipinski definition) is 2. The Labute approximate surface area is 91.4 Å². The highest BCUT2D eigenvalue weighted by molar-refractivity contribution is 5.75. The summed E-state index contributed by atoms with van der Waals surface area (Å²) in [5.41, 5.74) is 0. The first kappa shape index (κ1) is 10.7. The predicted molar refractivity (Wildman–Crippen MR) is 59.8 cm³/mol. The van der Waals surface area contributed by atoms with Gasteiger partial charge in [-0.25, -0.2) is 4.79 Å². The van der Waals surface area contributed by atoms with Crippen LogP contribution in [-0.2, 0) is 0 Å². The Hall–Kier alpha value is -0.770. The first-order chi connectivity index (χ1) is 7.18. The normalized spacial score (nSPS) is 30.5. The molecule has 2 fully saturated rings. The quantitative estimate of drug-likeness (QED) is 0.673. The van der Waals surface area contributed by atoms with Crippen molar-refractivity contribution in [2.24, 2.45) is 5.92 Å². The second-order valence-electron chi connectivity index (χ2n) is 4.91. The molecule has 0 aromatic rings. The summed E-state index contributed by atoms with van der Waals surface area (Å²) >= 11 is 0. The Balaban J connectivity index is 1.95. The number of nitrogens with zero attached hydrogens (tertiary/aromatic N) is 1. The van der Waals surface area contributed by atoms with Crippen LogP contribution in [0.4, 0.5) is 4.79 Å². The van der Waals surface area contributed by atoms with Crippen LogP contribution in [0, 0.1) is 5.92 Å². The minimum absolute atomic E-state index is 0.112. The molecule has 2 aliphatic heterocycles. The molecular formula is C11H21N3O. The van der Waals surface area contributed by atoms with Gasteiger partial charge in [0, 0.05) is 25.2 Å². The molecule has 15 heavy (non-hydrogen) atoms. The molecule has 0 saturated carbocycles. The topological polar surface area (TPSA) is 44.4 Å². The first-order valence-electron chi connectivity index (χ1n) is 5.96. The van der Waals surface area contributed by atoms with Crippen molar-refractivity contribution >= 4 is 6.03 Å². The van der Waals surface area contributed by atoms with Crippen molar-refractivity contribution < 1.29 is 4.79 Å². The van der Waals surface area contributed by atoms with Crippen LogP contribution in [0.15, 0.2) is 0 Å². The van der Waals surface area contributed by atoms with Crippen molar-refractivity contribution in [2.45, 2.75) is 38.8 Å². The summed E-state index contributed by atoms with van der Waals surface area (Å²) in [6.07, 6.45) is 2.40. The largest absolute Gasteiger partial charge is 0.336 e. The minimum atomic E-state index is 0.112. The fraction of sp³-hybridized carbons (Fsp3) is 0.909. The van der Waals surface area contributed by atoms with Gasteiger partial charge in [-0.2, -0.15) is 0 Å². The Morgan fingerprint density at radius 3 is 3.00 bits per heavy atom. The number of carbonyl (C=O) groups is 1. The maximum atomic E-state index is 11.9. The van der Waals surface area contributed by atoms with E-state index in [1.54, 1.807) is 0 Å². The van der Waals surface area contributed by atoms with Crippen LogP contribution in [0.2, 0.25) is 0 Å². The standard InChI is InChI=1S/C11H21N3O/c1-8(2)13-11(15)14-6-4-9-3-5-12-7-10(9)14/h8-10,12H,3-7H2,1-2H3,(H,13,15)/t9-,10-/m1/s1. The van der Waals surface area contributed by atoms with Crippen LogP contribution in [0.25, 0.3) is 0 Å². The predicted octanol–water partition coefficient (Wildman–Crippen LogP) is 0.788. The molecule has 2 atom stereocenters. The number of fused-ring (bicyclic) bond motifs is 1. The van der Waals surface area contributed by atoms with Crippen molar-refractivity contribution in [3.05, 3.63) is 0 Å². The van der Waals surface area contributed by atoms with Gasteiger partial charge < -0.3 is 15.5 Å². The lowest BCUT2D eigenvalue weighted by molar-refractivity contribution is 0.173. The molecule has 0 aromatic heterocycles. The summed E-state index contributed by atoms with van der Waals surface area (Å²) < 4.78 is 0. The summed E-state index contributed by atoms with van der Waals surface area (Å²) in [6, 6.07) is 0.770. The molecule has 2 amide bonds. The average Bonchev–Trinajstić information content (AvgIpc) is 2.59. The van der Waals surface area contributed by atoms with Gasteiger partial charge in [-0.15, -0.1) is 0 Å². The molecule has 0 spiro atoms. The molecule has 0 aliphatic carbocycles. The fourth-order valence-corrected chi connectivity index (χ4v) is 2.65. The maximum Gasteiger partial charge on any atom is 0.317 e. The van der Waals surface area contributed by atoms with E-state index in [0.29, 0.717) is 6.04 Å². The van der Waals surface area contributed by atoms with Crippen molar-refractivity contribution in [3.8, 4) is 0 Å². The number of amides is 2. The van der Waals surface area contributed by atoms with E-state index in [-0.39, 0.29) is 12.1 Å². The van der Waals surface area contributed by atoms with E-state index < -0.39 is 0 Å². The van der Waals surface area contributed by atoms with Crippen molar-refractivity contribution in [2.75, 3.05) is 19.6 Å². The van der Waals surface area contributed by atoms with Gasteiger partial charge in [-0.05, 0) is 39.2 Å². The van der Waals surface area contributed by atoms with Gasteiger partial charge in [0.15, 0.2) is 0 Å². The van der Waals surface area contributed by atoms with E-state index in [4.69, 9.17) is 0 Å². The fourth-order valence-electron chi connectivity index (χ4n) is 2.65. The Morgan fingerprint density at radius 1 is 1.47 bits per heavy atom. The molecule has 2 N–H and O–H groups in total. The third kappa shape index (κ3) is 2.25. The third-order valence-electron chi connectivity index (χ3n) is 3.40. The Bertz CT molecular complexity index is 242. The third-order valence-corrected chi connectivity index (χ3v) is 3.40. The van der Waals surface area contributed by atoms with E-state index in [1.807, 2.05) is 18.7 Å². The Morgan fingerprint density at radius 2 is 2.27 bits per heavy atom. The minimum Gasteiger partial charge on any atom is -0.336 e. The van der Waals surface area contributed by atoms with Gasteiger partial charge in [0.25, 0.3) is 0 Å². The molecular weight excluding hydrogens is 190 g/mol. The van der Waals surface area contributed by atoms with Gasteiger partial charge in [-0.1, -0.05) is 0 Å². The lowest BCUT2D eigenvalue weighted by atomic mass is 9.93. The molecule has 2 aliphatic rings. The van der Waals surface area contributed by atoms with E-state index >= 15 is 0 Å². The Kier molecular flexibility index (Phi) is 3.14. The zero-order valence-electron chi connectivity index (χ0n) is 9.62. The number of urea groups is 1. The number of rotatable bonds is 1. The molecule has 0 aromatic carbocycles. The summed E-state index contributed by atoms with van der Waals surface area (Å²) in [6.45, 7) is 7.02. The number of likely N-dealkylation sites (tertiary alicyclic amines) is 1. The molecule has 2 saturated heterocycles.